The molecule has 3 atom stereocenters. The highest BCUT2D eigenvalue weighted by atomic mass is 32.2. The van der Waals surface area contributed by atoms with Gasteiger partial charge in [0, 0.05) is 18.6 Å². The Balaban J connectivity index is 1.82. The third-order valence-corrected chi connectivity index (χ3v) is 5.53. The van der Waals surface area contributed by atoms with Gasteiger partial charge in [0.05, 0.1) is 12.4 Å². The van der Waals surface area contributed by atoms with Crippen molar-refractivity contribution in [3.63, 3.8) is 0 Å². The lowest BCUT2D eigenvalue weighted by Crippen LogP contribution is -2.43. The monoisotopic (exact) mass is 276 g/mol. The van der Waals surface area contributed by atoms with Gasteiger partial charge in [-0.15, -0.1) is 0 Å². The fourth-order valence-electron chi connectivity index (χ4n) is 2.75. The largest absolute Gasteiger partial charge is 0.381 e. The van der Waals surface area contributed by atoms with E-state index >= 15 is 0 Å². The Bertz CT molecular complexity index is 346. The van der Waals surface area contributed by atoms with E-state index in [2.05, 4.69) is 10.0 Å². The molecule has 2 heterocycles. The number of rotatable bonds is 5. The van der Waals surface area contributed by atoms with Crippen LogP contribution in [0.1, 0.15) is 26.2 Å². The normalized spacial score (nSPS) is 31.4. The van der Waals surface area contributed by atoms with Crippen LogP contribution in [0.15, 0.2) is 0 Å². The summed E-state index contributed by atoms with van der Waals surface area (Å²) in [5, 5.41) is 3.25. The van der Waals surface area contributed by atoms with Crippen LogP contribution in [0, 0.1) is 11.8 Å². The predicted octanol–water partition coefficient (Wildman–Crippen LogP) is 0.330. The summed E-state index contributed by atoms with van der Waals surface area (Å²) in [6.45, 7) is 5.20. The maximum absolute atomic E-state index is 12.1. The molecular weight excluding hydrogens is 252 g/mol. The van der Waals surface area contributed by atoms with Gasteiger partial charge in [-0.3, -0.25) is 0 Å². The molecule has 0 bridgehead atoms. The summed E-state index contributed by atoms with van der Waals surface area (Å²) in [6.07, 6.45) is 3.04. The lowest BCUT2D eigenvalue weighted by molar-refractivity contribution is 0.180. The Labute approximate surface area is 110 Å². The molecule has 18 heavy (non-hydrogen) atoms. The van der Waals surface area contributed by atoms with Crippen LogP contribution in [0.2, 0.25) is 0 Å². The number of hydrogen-bond acceptors (Lipinski definition) is 4. The average molecular weight is 276 g/mol. The van der Waals surface area contributed by atoms with Crippen molar-refractivity contribution in [2.24, 2.45) is 11.8 Å². The van der Waals surface area contributed by atoms with E-state index < -0.39 is 10.0 Å². The molecule has 0 amide bonds. The molecule has 0 aromatic heterocycles. The van der Waals surface area contributed by atoms with Gasteiger partial charge in [0.2, 0.25) is 10.0 Å². The third-order valence-electron chi connectivity index (χ3n) is 3.89. The van der Waals surface area contributed by atoms with Gasteiger partial charge in [0.25, 0.3) is 0 Å². The van der Waals surface area contributed by atoms with Crippen molar-refractivity contribution in [2.75, 3.05) is 32.1 Å². The van der Waals surface area contributed by atoms with E-state index in [4.69, 9.17) is 4.74 Å². The predicted molar refractivity (Wildman–Crippen MR) is 70.9 cm³/mol. The van der Waals surface area contributed by atoms with Crippen LogP contribution in [-0.2, 0) is 14.8 Å². The number of piperidine rings is 1. The highest BCUT2D eigenvalue weighted by molar-refractivity contribution is 7.89. The highest BCUT2D eigenvalue weighted by Gasteiger charge is 2.27. The van der Waals surface area contributed by atoms with Crippen molar-refractivity contribution in [1.29, 1.82) is 0 Å². The summed E-state index contributed by atoms with van der Waals surface area (Å²) < 4.78 is 32.3. The van der Waals surface area contributed by atoms with Gasteiger partial charge in [-0.25, -0.2) is 13.1 Å². The van der Waals surface area contributed by atoms with E-state index in [1.807, 2.05) is 6.92 Å². The molecule has 0 saturated carbocycles. The Kier molecular flexibility index (Phi) is 5.00. The van der Waals surface area contributed by atoms with Crippen LogP contribution in [0.5, 0.6) is 0 Å². The standard InChI is InChI=1S/C12H24N2O3S/c1-10(12-4-6-17-8-12)14-18(15,16)9-11-3-2-5-13-7-11/h10-14H,2-9H2,1H3. The molecule has 3 unspecified atom stereocenters. The molecule has 2 aliphatic rings. The first-order valence-corrected chi connectivity index (χ1v) is 8.50. The molecule has 0 aromatic rings. The minimum absolute atomic E-state index is 0.0194. The Morgan fingerprint density at radius 3 is 2.89 bits per heavy atom. The minimum Gasteiger partial charge on any atom is -0.381 e. The lowest BCUT2D eigenvalue weighted by atomic mass is 10.0. The van der Waals surface area contributed by atoms with E-state index in [1.54, 1.807) is 0 Å². The fraction of sp³-hybridized carbons (Fsp3) is 1.00. The van der Waals surface area contributed by atoms with Crippen LogP contribution in [0.3, 0.4) is 0 Å². The van der Waals surface area contributed by atoms with Gasteiger partial charge in [-0.05, 0) is 45.2 Å². The van der Waals surface area contributed by atoms with E-state index in [0.717, 1.165) is 39.0 Å². The summed E-state index contributed by atoms with van der Waals surface area (Å²) in [5.74, 6) is 0.824. The van der Waals surface area contributed by atoms with Gasteiger partial charge < -0.3 is 10.1 Å². The molecule has 0 aliphatic carbocycles. The van der Waals surface area contributed by atoms with Gasteiger partial charge in [-0.1, -0.05) is 0 Å². The molecule has 0 radical (unpaired) electrons. The summed E-state index contributed by atoms with van der Waals surface area (Å²) in [7, 11) is -3.16. The summed E-state index contributed by atoms with van der Waals surface area (Å²) >= 11 is 0. The van der Waals surface area contributed by atoms with Crippen LogP contribution in [0.4, 0.5) is 0 Å². The number of ether oxygens (including phenoxy) is 1. The maximum atomic E-state index is 12.1. The van der Waals surface area contributed by atoms with Crippen LogP contribution < -0.4 is 10.0 Å². The number of nitrogens with one attached hydrogen (secondary N) is 2. The molecule has 5 nitrogen and oxygen atoms in total. The molecule has 0 aromatic carbocycles. The van der Waals surface area contributed by atoms with Crippen molar-refractivity contribution in [2.45, 2.75) is 32.2 Å². The van der Waals surface area contributed by atoms with Gasteiger partial charge >= 0.3 is 0 Å². The number of hydrogen-bond donors (Lipinski definition) is 2. The van der Waals surface area contributed by atoms with Gasteiger partial charge in [-0.2, -0.15) is 0 Å². The van der Waals surface area contributed by atoms with Crippen LogP contribution in [-0.4, -0.2) is 46.5 Å². The SMILES string of the molecule is CC(NS(=O)(=O)CC1CCCNC1)C1CCOC1. The Morgan fingerprint density at radius 2 is 2.28 bits per heavy atom. The molecule has 2 aliphatic heterocycles. The van der Waals surface area contributed by atoms with E-state index in [0.29, 0.717) is 12.5 Å². The second-order valence-corrected chi connectivity index (χ2v) is 7.32. The molecule has 2 saturated heterocycles. The minimum atomic E-state index is -3.16. The molecular formula is C12H24N2O3S. The van der Waals surface area contributed by atoms with E-state index in [9.17, 15) is 8.42 Å². The lowest BCUT2D eigenvalue weighted by Gasteiger charge is -2.24. The van der Waals surface area contributed by atoms with Crippen molar-refractivity contribution >= 4 is 10.0 Å². The second-order valence-electron chi connectivity index (χ2n) is 5.52. The van der Waals surface area contributed by atoms with Crippen LogP contribution >= 0.6 is 0 Å². The van der Waals surface area contributed by atoms with E-state index in [1.165, 1.54) is 0 Å². The zero-order valence-electron chi connectivity index (χ0n) is 11.0. The Morgan fingerprint density at radius 1 is 1.44 bits per heavy atom. The average Bonchev–Trinajstić information content (AvgIpc) is 2.82. The molecule has 6 heteroatoms. The van der Waals surface area contributed by atoms with Crippen molar-refractivity contribution in [1.82, 2.24) is 10.0 Å². The maximum Gasteiger partial charge on any atom is 0.212 e. The molecule has 0 spiro atoms. The third kappa shape index (κ3) is 4.19. The molecule has 2 rings (SSSR count). The van der Waals surface area contributed by atoms with Crippen molar-refractivity contribution in [3.05, 3.63) is 0 Å². The molecule has 2 fully saturated rings. The van der Waals surface area contributed by atoms with Gasteiger partial charge in [0.1, 0.15) is 0 Å². The zero-order valence-corrected chi connectivity index (χ0v) is 11.8. The fourth-order valence-corrected chi connectivity index (χ4v) is 4.51. The summed E-state index contributed by atoms with van der Waals surface area (Å²) in [6, 6.07) is -0.0194. The van der Waals surface area contributed by atoms with Crippen molar-refractivity contribution < 1.29 is 13.2 Å². The Hall–Kier alpha value is -0.170. The second kappa shape index (κ2) is 6.32. The first-order valence-electron chi connectivity index (χ1n) is 6.85. The smallest absolute Gasteiger partial charge is 0.212 e. The molecule has 106 valence electrons. The van der Waals surface area contributed by atoms with E-state index in [-0.39, 0.29) is 17.7 Å². The summed E-state index contributed by atoms with van der Waals surface area (Å²) in [4.78, 5) is 0. The molecule has 2 N–H and O–H groups in total. The van der Waals surface area contributed by atoms with Gasteiger partial charge in [0.15, 0.2) is 0 Å². The first-order chi connectivity index (χ1) is 8.57. The highest BCUT2D eigenvalue weighted by Crippen LogP contribution is 2.18. The zero-order chi connectivity index (χ0) is 13.0. The number of sulfonamides is 1. The van der Waals surface area contributed by atoms with Crippen LogP contribution in [0.25, 0.3) is 0 Å². The quantitative estimate of drug-likeness (QED) is 0.759. The first kappa shape index (κ1) is 14.2. The van der Waals surface area contributed by atoms with Crippen molar-refractivity contribution in [3.8, 4) is 0 Å². The topological polar surface area (TPSA) is 67.4 Å². The summed E-state index contributed by atoms with van der Waals surface area (Å²) in [5.41, 5.74) is 0.